The summed E-state index contributed by atoms with van der Waals surface area (Å²) in [7, 11) is -3.15. The minimum Gasteiger partial charge on any atom is -0.319 e. The summed E-state index contributed by atoms with van der Waals surface area (Å²) < 4.78 is 11.1. The van der Waals surface area contributed by atoms with Gasteiger partial charge in [0, 0.05) is 35.6 Å². The van der Waals surface area contributed by atoms with E-state index in [1.165, 1.54) is 6.04 Å². The topological polar surface area (TPSA) is 47.6 Å². The Balaban J connectivity index is -0.0000000470. The van der Waals surface area contributed by atoms with Crippen LogP contribution < -0.4 is 0 Å². The average molecular weight is 596 g/mol. The van der Waals surface area contributed by atoms with Gasteiger partial charge >= 0.3 is 0 Å². The van der Waals surface area contributed by atoms with Gasteiger partial charge in [-0.3, -0.25) is 4.70 Å². The average Bonchev–Trinajstić information content (AvgIpc) is 2.28. The predicted octanol–water partition coefficient (Wildman–Crippen LogP) is 6.01. The zero-order valence-corrected chi connectivity index (χ0v) is 22.5. The Kier molecular flexibility index (Phi) is 50.8. The van der Waals surface area contributed by atoms with Gasteiger partial charge in [0.15, 0.2) is 0 Å². The Labute approximate surface area is 172 Å². The van der Waals surface area contributed by atoms with Crippen LogP contribution in [-0.2, 0) is 21.1 Å². The van der Waals surface area contributed by atoms with Crippen molar-refractivity contribution < 1.29 is 29.9 Å². The molecule has 2 nitrogen and oxygen atoms in total. The van der Waals surface area contributed by atoms with Gasteiger partial charge in [-0.1, -0.05) is 44.9 Å². The minimum absolute atomic E-state index is 0. The molecule has 0 aliphatic carbocycles. The van der Waals surface area contributed by atoms with Crippen molar-refractivity contribution in [2.75, 3.05) is 0 Å². The van der Waals surface area contributed by atoms with Crippen LogP contribution in [0, 0.1) is 22.7 Å². The summed E-state index contributed by atoms with van der Waals surface area (Å²) >= 11 is 5.41. The maximum absolute atomic E-state index is 11.1. The van der Waals surface area contributed by atoms with Crippen LogP contribution >= 0.6 is 11.1 Å². The van der Waals surface area contributed by atoms with Crippen LogP contribution in [0.25, 0.3) is 0 Å². The first-order valence-electron chi connectivity index (χ1n) is 7.57. The summed E-state index contributed by atoms with van der Waals surface area (Å²) in [6.45, 7) is 17.8. The molecule has 0 heterocycles. The van der Waals surface area contributed by atoms with Crippen molar-refractivity contribution in [1.82, 2.24) is 0 Å². The first-order chi connectivity index (χ1) is 9.94. The van der Waals surface area contributed by atoms with E-state index in [1.807, 2.05) is 6.07 Å². The number of nitriles is 2. The van der Waals surface area contributed by atoms with Crippen molar-refractivity contribution in [3.63, 3.8) is 0 Å². The molecule has 0 aromatic rings. The quantitative estimate of drug-likeness (QED) is 0.173. The molecule has 0 fully saturated rings. The molecule has 0 amide bonds. The summed E-state index contributed by atoms with van der Waals surface area (Å²) in [5.41, 5.74) is 0. The van der Waals surface area contributed by atoms with E-state index >= 15 is 0 Å². The molecule has 0 rings (SSSR count). The van der Waals surface area contributed by atoms with E-state index in [2.05, 4.69) is 45.4 Å². The van der Waals surface area contributed by atoms with Gasteiger partial charge in [-0.15, -0.1) is 6.58 Å². The van der Waals surface area contributed by atoms with E-state index in [0.29, 0.717) is 6.42 Å². The summed E-state index contributed by atoms with van der Waals surface area (Å²) in [6.07, 6.45) is 3.87. The first-order valence-corrected chi connectivity index (χ1v) is 18.1. The molecule has 0 N–H and O–H groups in total. The second-order valence-electron chi connectivity index (χ2n) is 6.25. The monoisotopic (exact) mass is 595 g/mol. The van der Waals surface area contributed by atoms with Crippen LogP contribution in [0.3, 0.4) is 0 Å². The smallest absolute Gasteiger partial charge is 0.225 e. The van der Waals surface area contributed by atoms with E-state index < -0.39 is 25.3 Å². The van der Waals surface area contributed by atoms with E-state index in [0.717, 1.165) is 12.8 Å². The van der Waals surface area contributed by atoms with Crippen molar-refractivity contribution in [2.45, 2.75) is 71.1 Å². The van der Waals surface area contributed by atoms with Crippen LogP contribution in [0.2, 0.25) is 51.9 Å². The predicted molar refractivity (Wildman–Crippen MR) is 111 cm³/mol. The van der Waals surface area contributed by atoms with Crippen LogP contribution in [0.5, 0.6) is 0 Å². The fourth-order valence-electron chi connectivity index (χ4n) is 0.762. The van der Waals surface area contributed by atoms with Crippen molar-refractivity contribution in [3.8, 4) is 12.1 Å². The van der Waals surface area contributed by atoms with E-state index in [1.54, 1.807) is 19.2 Å². The van der Waals surface area contributed by atoms with Gasteiger partial charge in [-0.2, -0.15) is 21.6 Å². The zero-order valence-electron chi connectivity index (χ0n) is 16.1. The third kappa shape index (κ3) is 148. The summed E-state index contributed by atoms with van der Waals surface area (Å²) in [5, 5.41) is 16.0. The molecule has 0 aromatic carbocycles. The van der Waals surface area contributed by atoms with Crippen LogP contribution in [0.4, 0.5) is 8.81 Å². The Morgan fingerprint density at radius 1 is 1.12 bits per heavy atom. The number of nitrogens with zero attached hydrogens (tertiary/aromatic N) is 2. The van der Waals surface area contributed by atoms with Gasteiger partial charge in [0.2, 0.25) is 9.13 Å². The molecule has 9 heteroatoms. The van der Waals surface area contributed by atoms with Gasteiger partial charge in [0.25, 0.3) is 0 Å². The minimum atomic E-state index is -1.64. The summed E-state index contributed by atoms with van der Waals surface area (Å²) in [6, 6.07) is 5.35. The molecule has 0 aromatic heterocycles. The van der Waals surface area contributed by atoms with Crippen molar-refractivity contribution in [2.24, 2.45) is 0 Å². The second kappa shape index (κ2) is 31.0. The number of rotatable bonds is 4. The summed E-state index contributed by atoms with van der Waals surface area (Å²) in [4.78, 5) is 0. The number of unbranched alkanes of at least 4 members (excludes halogenated alkanes) is 1. The first kappa shape index (κ1) is 39.3. The molecule has 0 saturated carbocycles. The Morgan fingerprint density at radius 3 is 1.58 bits per heavy atom. The number of halogens is 3. The van der Waals surface area contributed by atoms with Crippen molar-refractivity contribution in [1.29, 1.82) is 10.5 Å². The maximum atomic E-state index is 11.1. The third-order valence-electron chi connectivity index (χ3n) is 1.45. The number of allylic oxidation sites excluding steroid dienone is 1. The van der Waals surface area contributed by atoms with Crippen LogP contribution in [0.15, 0.2) is 12.7 Å². The molecule has 0 atom stereocenters. The normalized spacial score (nSPS) is 8.21. The number of hydrogen-bond acceptors (Lipinski definition) is 2. The Bertz CT molecular complexity index is 304. The fourth-order valence-corrected chi connectivity index (χ4v) is 2.00. The van der Waals surface area contributed by atoms with E-state index in [9.17, 15) is 4.11 Å². The van der Waals surface area contributed by atoms with Gasteiger partial charge in [0.05, 0.1) is 18.6 Å². The van der Waals surface area contributed by atoms with E-state index in [4.69, 9.17) is 21.6 Å². The van der Waals surface area contributed by atoms with Gasteiger partial charge < -0.3 is 4.11 Å². The second-order valence-corrected chi connectivity index (χ2v) is 18.5. The SMILES string of the molecule is C=CCC#N.C[SiH](C)Cl.C[SiH](C)F.C[Si](C)(C)CCCC#N.F.[Pt]. The number of hydrogen-bond donors (Lipinski definition) is 0. The summed E-state index contributed by atoms with van der Waals surface area (Å²) in [5.74, 6) is 0. The largest absolute Gasteiger partial charge is 0.319 e. The van der Waals surface area contributed by atoms with Crippen LogP contribution in [-0.4, -0.2) is 25.3 Å². The molecule has 0 radical (unpaired) electrons. The molecule has 0 aliphatic rings. The maximum Gasteiger partial charge on any atom is 0.225 e. The van der Waals surface area contributed by atoms with Crippen molar-refractivity contribution >= 4 is 36.4 Å². The molecule has 0 spiro atoms. The molecule has 0 unspecified atom stereocenters. The molecule has 0 bridgehead atoms. The van der Waals surface area contributed by atoms with Crippen LogP contribution in [0.1, 0.15) is 19.3 Å². The van der Waals surface area contributed by atoms with Crippen molar-refractivity contribution in [3.05, 3.63) is 12.7 Å². The molecule has 0 saturated heterocycles. The molecule has 24 heavy (non-hydrogen) atoms. The fraction of sp³-hybridized carbons (Fsp3) is 0.733. The van der Waals surface area contributed by atoms with E-state index in [-0.39, 0.29) is 25.8 Å². The zero-order chi connectivity index (χ0) is 18.6. The molecular weight excluding hydrogens is 561 g/mol. The third-order valence-corrected chi connectivity index (χ3v) is 3.30. The Morgan fingerprint density at radius 2 is 1.46 bits per heavy atom. The molecule has 0 aliphatic heterocycles. The standard InChI is InChI=1S/C7H15NSi.C4H5N.C2H7ClSi.C2H7FSi.FH.Pt/c1-9(2,3)7-5-4-6-8;1-2-3-4-5;2*1-4(2)3;;/h4-5,7H2,1-3H3;2H,1,3H2;2*4H,1-2H3;1H;. The Hall–Kier alpha value is 0.209. The van der Waals surface area contributed by atoms with Gasteiger partial charge in [0.1, 0.15) is 8.11 Å². The molecular formula is C15H35ClF2N2PtSi3. The van der Waals surface area contributed by atoms with Gasteiger partial charge in [-0.25, -0.2) is 0 Å². The molecule has 148 valence electrons. The van der Waals surface area contributed by atoms with Gasteiger partial charge in [-0.05, 0) is 19.5 Å².